The van der Waals surface area contributed by atoms with Crippen molar-refractivity contribution >= 4 is 11.9 Å². The molecule has 0 bridgehead atoms. The first-order valence-corrected chi connectivity index (χ1v) is 6.99. The van der Waals surface area contributed by atoms with Crippen LogP contribution in [0.3, 0.4) is 0 Å². The number of amides is 1. The van der Waals surface area contributed by atoms with Gasteiger partial charge >= 0.3 is 5.97 Å². The minimum Gasteiger partial charge on any atom is -0.478 e. The molecule has 0 saturated carbocycles. The molecule has 21 heavy (non-hydrogen) atoms. The number of benzene rings is 1. The van der Waals surface area contributed by atoms with Crippen LogP contribution >= 0.6 is 0 Å². The Morgan fingerprint density at radius 1 is 1.29 bits per heavy atom. The zero-order chi connectivity index (χ0) is 15.2. The van der Waals surface area contributed by atoms with E-state index in [4.69, 9.17) is 9.84 Å². The van der Waals surface area contributed by atoms with E-state index in [9.17, 15) is 9.59 Å². The quantitative estimate of drug-likeness (QED) is 0.836. The number of nitrogens with zero attached hydrogens (tertiary/aromatic N) is 1. The Morgan fingerprint density at radius 3 is 2.48 bits per heavy atom. The molecule has 2 rings (SSSR count). The molecule has 1 fully saturated rings. The minimum atomic E-state index is -0.952. The van der Waals surface area contributed by atoms with Crippen LogP contribution in [0, 0.1) is 0 Å². The molecule has 0 aromatic heterocycles. The Bertz CT molecular complexity index is 495. The van der Waals surface area contributed by atoms with Crippen LogP contribution in [0.1, 0.15) is 22.8 Å². The molecule has 0 spiro atoms. The normalized spacial score (nSPS) is 17.2. The van der Waals surface area contributed by atoms with Crippen molar-refractivity contribution in [1.82, 2.24) is 10.2 Å². The van der Waals surface area contributed by atoms with E-state index in [0.717, 1.165) is 18.7 Å². The van der Waals surface area contributed by atoms with Crippen LogP contribution < -0.4 is 5.32 Å². The Kier molecular flexibility index (Phi) is 5.30. The number of carboxylic acids is 1. The van der Waals surface area contributed by atoms with E-state index < -0.39 is 5.97 Å². The number of aromatic carboxylic acids is 1. The highest BCUT2D eigenvalue weighted by molar-refractivity contribution is 5.87. The van der Waals surface area contributed by atoms with Gasteiger partial charge in [0.05, 0.1) is 24.8 Å². The highest BCUT2D eigenvalue weighted by atomic mass is 16.5. The number of hydrogen-bond acceptors (Lipinski definition) is 4. The van der Waals surface area contributed by atoms with Gasteiger partial charge in [-0.05, 0) is 24.6 Å². The molecule has 1 unspecified atom stereocenters. The number of carbonyl (C=O) groups excluding carboxylic acids is 1. The number of hydrogen-bond donors (Lipinski definition) is 2. The van der Waals surface area contributed by atoms with Gasteiger partial charge in [0.15, 0.2) is 0 Å². The van der Waals surface area contributed by atoms with Crippen molar-refractivity contribution in [1.29, 1.82) is 0 Å². The molecule has 114 valence electrons. The summed E-state index contributed by atoms with van der Waals surface area (Å²) >= 11 is 0. The average molecular weight is 292 g/mol. The van der Waals surface area contributed by atoms with Gasteiger partial charge in [-0.3, -0.25) is 9.69 Å². The van der Waals surface area contributed by atoms with Gasteiger partial charge in [-0.15, -0.1) is 0 Å². The minimum absolute atomic E-state index is 0.0285. The predicted molar refractivity (Wildman–Crippen MR) is 77.1 cm³/mol. The molecule has 1 aliphatic rings. The van der Waals surface area contributed by atoms with E-state index in [1.807, 2.05) is 6.92 Å². The summed E-state index contributed by atoms with van der Waals surface area (Å²) in [5, 5.41) is 11.7. The third-order valence-electron chi connectivity index (χ3n) is 3.64. The lowest BCUT2D eigenvalue weighted by molar-refractivity contribution is -0.127. The molecule has 1 aromatic carbocycles. The summed E-state index contributed by atoms with van der Waals surface area (Å²) in [6, 6.07) is 6.31. The first-order valence-electron chi connectivity index (χ1n) is 6.99. The number of carboxylic acid groups (broad SMARTS) is 1. The molecule has 6 nitrogen and oxygen atoms in total. The molecule has 1 saturated heterocycles. The zero-order valence-corrected chi connectivity index (χ0v) is 12.0. The van der Waals surface area contributed by atoms with Crippen LogP contribution in [-0.4, -0.2) is 54.2 Å². The molecule has 0 radical (unpaired) electrons. The molecule has 1 aliphatic heterocycles. The second-order valence-corrected chi connectivity index (χ2v) is 5.04. The Morgan fingerprint density at radius 2 is 1.90 bits per heavy atom. The molecule has 6 heteroatoms. The van der Waals surface area contributed by atoms with E-state index in [0.29, 0.717) is 19.8 Å². The van der Waals surface area contributed by atoms with Gasteiger partial charge in [-0.25, -0.2) is 4.79 Å². The topological polar surface area (TPSA) is 78.9 Å². The first kappa shape index (κ1) is 15.5. The van der Waals surface area contributed by atoms with Crippen LogP contribution in [0.25, 0.3) is 0 Å². The molecule has 1 atom stereocenters. The molecule has 0 aliphatic carbocycles. The summed E-state index contributed by atoms with van der Waals surface area (Å²) < 4.78 is 5.27. The summed E-state index contributed by atoms with van der Waals surface area (Å²) in [4.78, 5) is 24.9. The number of morpholine rings is 1. The van der Waals surface area contributed by atoms with Crippen molar-refractivity contribution in [2.75, 3.05) is 26.3 Å². The summed E-state index contributed by atoms with van der Waals surface area (Å²) in [7, 11) is 0. The second kappa shape index (κ2) is 7.19. The lowest BCUT2D eigenvalue weighted by Gasteiger charge is -2.31. The predicted octanol–water partition coefficient (Wildman–Crippen LogP) is 0.722. The Balaban J connectivity index is 1.83. The molecular weight excluding hydrogens is 272 g/mol. The maximum atomic E-state index is 12.1. The third-order valence-corrected chi connectivity index (χ3v) is 3.64. The van der Waals surface area contributed by atoms with Crippen molar-refractivity contribution in [3.63, 3.8) is 0 Å². The maximum absolute atomic E-state index is 12.1. The maximum Gasteiger partial charge on any atom is 0.335 e. The second-order valence-electron chi connectivity index (χ2n) is 5.04. The van der Waals surface area contributed by atoms with Crippen molar-refractivity contribution in [2.45, 2.75) is 19.5 Å². The smallest absolute Gasteiger partial charge is 0.335 e. The van der Waals surface area contributed by atoms with Crippen LogP contribution in [-0.2, 0) is 16.1 Å². The van der Waals surface area contributed by atoms with Gasteiger partial charge < -0.3 is 15.2 Å². The van der Waals surface area contributed by atoms with E-state index in [1.165, 1.54) is 12.1 Å². The van der Waals surface area contributed by atoms with Crippen molar-refractivity contribution in [2.24, 2.45) is 0 Å². The van der Waals surface area contributed by atoms with Gasteiger partial charge in [0.2, 0.25) is 5.91 Å². The molecule has 2 N–H and O–H groups in total. The van der Waals surface area contributed by atoms with Gasteiger partial charge in [-0.2, -0.15) is 0 Å². The summed E-state index contributed by atoms with van der Waals surface area (Å²) in [6.07, 6.45) is 0. The van der Waals surface area contributed by atoms with Crippen molar-refractivity contribution < 1.29 is 19.4 Å². The first-order chi connectivity index (χ1) is 10.1. The molecule has 1 aromatic rings. The average Bonchev–Trinajstić information content (AvgIpc) is 2.53. The van der Waals surface area contributed by atoms with Gasteiger partial charge in [-0.1, -0.05) is 12.1 Å². The van der Waals surface area contributed by atoms with E-state index in [2.05, 4.69) is 10.2 Å². The molecule has 1 amide bonds. The summed E-state index contributed by atoms with van der Waals surface area (Å²) in [6.45, 7) is 5.13. The van der Waals surface area contributed by atoms with Crippen LogP contribution in [0.2, 0.25) is 0 Å². The fraction of sp³-hybridized carbons (Fsp3) is 0.467. The number of rotatable bonds is 5. The van der Waals surface area contributed by atoms with Crippen LogP contribution in [0.15, 0.2) is 24.3 Å². The van der Waals surface area contributed by atoms with Gasteiger partial charge in [0.1, 0.15) is 0 Å². The third kappa shape index (κ3) is 4.27. The van der Waals surface area contributed by atoms with E-state index >= 15 is 0 Å². The largest absolute Gasteiger partial charge is 0.478 e. The number of carbonyl (C=O) groups is 2. The fourth-order valence-corrected chi connectivity index (χ4v) is 2.23. The molecular formula is C15H20N2O4. The monoisotopic (exact) mass is 292 g/mol. The van der Waals surface area contributed by atoms with Crippen LogP contribution in [0.4, 0.5) is 0 Å². The lowest BCUT2D eigenvalue weighted by Crippen LogP contribution is -2.49. The summed E-state index contributed by atoms with van der Waals surface area (Å²) in [5.41, 5.74) is 1.12. The van der Waals surface area contributed by atoms with Crippen molar-refractivity contribution in [3.05, 3.63) is 35.4 Å². The van der Waals surface area contributed by atoms with Crippen LogP contribution in [0.5, 0.6) is 0 Å². The fourth-order valence-electron chi connectivity index (χ4n) is 2.23. The lowest BCUT2D eigenvalue weighted by atomic mass is 10.1. The van der Waals surface area contributed by atoms with E-state index in [1.54, 1.807) is 12.1 Å². The Hall–Kier alpha value is -1.92. The zero-order valence-electron chi connectivity index (χ0n) is 12.0. The van der Waals surface area contributed by atoms with Crippen molar-refractivity contribution in [3.8, 4) is 0 Å². The van der Waals surface area contributed by atoms with E-state index in [-0.39, 0.29) is 17.5 Å². The highest BCUT2D eigenvalue weighted by Gasteiger charge is 2.22. The number of nitrogens with one attached hydrogen (secondary N) is 1. The number of ether oxygens (including phenoxy) is 1. The highest BCUT2D eigenvalue weighted by Crippen LogP contribution is 2.06. The van der Waals surface area contributed by atoms with Gasteiger partial charge in [0.25, 0.3) is 0 Å². The van der Waals surface area contributed by atoms with Gasteiger partial charge in [0, 0.05) is 19.6 Å². The molecule has 1 heterocycles. The standard InChI is InChI=1S/C15H20N2O4/c1-11(17-6-8-21-9-7-17)14(18)16-10-12-2-4-13(5-3-12)15(19)20/h2-5,11H,6-10H2,1H3,(H,16,18)(H,19,20). The summed E-state index contributed by atoms with van der Waals surface area (Å²) in [5.74, 6) is -0.981. The Labute approximate surface area is 123 Å². The SMILES string of the molecule is CC(C(=O)NCc1ccc(C(=O)O)cc1)N1CCOCC1.